The minimum Gasteiger partial charge on any atom is -0.494 e. The van der Waals surface area contributed by atoms with Gasteiger partial charge in [0.25, 0.3) is 5.56 Å². The molecule has 2 aromatic carbocycles. The third kappa shape index (κ3) is 5.14. The fourth-order valence-corrected chi connectivity index (χ4v) is 4.01. The van der Waals surface area contributed by atoms with Crippen LogP contribution in [0.2, 0.25) is 0 Å². The minimum atomic E-state index is -3.94. The van der Waals surface area contributed by atoms with Crippen LogP contribution in [0.1, 0.15) is 6.92 Å². The molecule has 0 radical (unpaired) electrons. The predicted octanol–water partition coefficient (Wildman–Crippen LogP) is 2.88. The molecule has 0 bridgehead atoms. The lowest BCUT2D eigenvalue weighted by Gasteiger charge is -2.09. The van der Waals surface area contributed by atoms with Crippen molar-refractivity contribution in [1.29, 1.82) is 0 Å². The lowest BCUT2D eigenvalue weighted by atomic mass is 10.3. The van der Waals surface area contributed by atoms with Crippen molar-refractivity contribution < 1.29 is 17.9 Å². The first kappa shape index (κ1) is 21.7. The second kappa shape index (κ2) is 9.23. The van der Waals surface area contributed by atoms with E-state index in [4.69, 9.17) is 4.74 Å². The molecule has 8 nitrogen and oxygen atoms in total. The zero-order valence-electron chi connectivity index (χ0n) is 15.9. The van der Waals surface area contributed by atoms with Crippen molar-refractivity contribution >= 4 is 37.4 Å². The molecule has 0 aliphatic rings. The van der Waals surface area contributed by atoms with Gasteiger partial charge < -0.3 is 10.1 Å². The Hall–Kier alpha value is -2.98. The number of carbonyl (C=O) groups is 1. The highest BCUT2D eigenvalue weighted by molar-refractivity contribution is 9.10. The van der Waals surface area contributed by atoms with E-state index in [0.29, 0.717) is 18.0 Å². The van der Waals surface area contributed by atoms with Crippen LogP contribution < -0.4 is 15.6 Å². The Bertz CT molecular complexity index is 1210. The van der Waals surface area contributed by atoms with Gasteiger partial charge in [-0.15, -0.1) is 0 Å². The fourth-order valence-electron chi connectivity index (χ4n) is 2.56. The van der Waals surface area contributed by atoms with Gasteiger partial charge in [-0.25, -0.2) is 13.1 Å². The number of nitrogens with zero attached hydrogens (tertiary/aromatic N) is 2. The molecule has 1 amide bonds. The van der Waals surface area contributed by atoms with Crippen LogP contribution in [0.25, 0.3) is 0 Å². The Morgan fingerprint density at radius 3 is 2.37 bits per heavy atom. The van der Waals surface area contributed by atoms with Gasteiger partial charge in [-0.05, 0) is 61.5 Å². The first-order valence-corrected chi connectivity index (χ1v) is 11.2. The van der Waals surface area contributed by atoms with Crippen molar-refractivity contribution in [2.45, 2.75) is 23.4 Å². The second-order valence-corrected chi connectivity index (χ2v) is 8.94. The van der Waals surface area contributed by atoms with Crippen LogP contribution in [-0.2, 0) is 21.2 Å². The molecule has 30 heavy (non-hydrogen) atoms. The number of hydrogen-bond acceptors (Lipinski definition) is 6. The first-order valence-electron chi connectivity index (χ1n) is 8.91. The number of nitrogens with one attached hydrogen (secondary N) is 1. The monoisotopic (exact) mass is 491 g/mol. The van der Waals surface area contributed by atoms with Crippen molar-refractivity contribution in [3.63, 3.8) is 0 Å². The van der Waals surface area contributed by atoms with Crippen LogP contribution in [0.5, 0.6) is 5.75 Å². The third-order valence-electron chi connectivity index (χ3n) is 3.98. The van der Waals surface area contributed by atoms with E-state index in [-0.39, 0.29) is 9.92 Å². The van der Waals surface area contributed by atoms with Gasteiger partial charge in [0, 0.05) is 16.2 Å². The van der Waals surface area contributed by atoms with Gasteiger partial charge in [0.05, 0.1) is 11.5 Å². The quantitative estimate of drug-likeness (QED) is 0.544. The second-order valence-electron chi connectivity index (χ2n) is 6.13. The Balaban J connectivity index is 1.79. The van der Waals surface area contributed by atoms with Crippen LogP contribution in [0, 0.1) is 0 Å². The molecule has 3 aromatic rings. The molecular weight excluding hydrogens is 474 g/mol. The van der Waals surface area contributed by atoms with E-state index < -0.39 is 27.8 Å². The molecule has 10 heteroatoms. The first-order chi connectivity index (χ1) is 14.3. The van der Waals surface area contributed by atoms with E-state index in [1.807, 2.05) is 6.92 Å². The molecule has 0 atom stereocenters. The number of hydrogen-bond donors (Lipinski definition) is 1. The summed E-state index contributed by atoms with van der Waals surface area (Å²) >= 11 is 3.25. The maximum atomic E-state index is 12.8. The Morgan fingerprint density at radius 2 is 1.73 bits per heavy atom. The lowest BCUT2D eigenvalue weighted by Crippen LogP contribution is -2.30. The van der Waals surface area contributed by atoms with Crippen LogP contribution in [-0.4, -0.2) is 30.7 Å². The molecule has 0 aliphatic carbocycles. The Kier molecular flexibility index (Phi) is 6.68. The van der Waals surface area contributed by atoms with Gasteiger partial charge in [0.1, 0.15) is 12.3 Å². The number of amides is 1. The maximum Gasteiger partial charge on any atom is 0.267 e. The molecule has 1 aromatic heterocycles. The molecule has 1 N–H and O–H groups in total. The summed E-state index contributed by atoms with van der Waals surface area (Å²) in [6, 6.07) is 15.0. The normalized spacial score (nSPS) is 11.1. The summed E-state index contributed by atoms with van der Waals surface area (Å²) < 4.78 is 32.4. The summed E-state index contributed by atoms with van der Waals surface area (Å²) in [5, 5.41) is 6.20. The van der Waals surface area contributed by atoms with Crippen LogP contribution in [0.15, 0.2) is 79.9 Å². The molecular formula is C20H18BrN3O5S. The highest BCUT2D eigenvalue weighted by Crippen LogP contribution is 2.20. The van der Waals surface area contributed by atoms with Gasteiger partial charge in [-0.2, -0.15) is 5.10 Å². The summed E-state index contributed by atoms with van der Waals surface area (Å²) in [6.45, 7) is 1.96. The van der Waals surface area contributed by atoms with Crippen molar-refractivity contribution in [3.8, 4) is 5.75 Å². The number of ether oxygens (including phenoxy) is 1. The molecule has 0 saturated heterocycles. The number of rotatable bonds is 7. The lowest BCUT2D eigenvalue weighted by molar-refractivity contribution is -0.117. The van der Waals surface area contributed by atoms with E-state index in [0.717, 1.165) is 21.3 Å². The van der Waals surface area contributed by atoms with Gasteiger partial charge in [0.2, 0.25) is 15.7 Å². The summed E-state index contributed by atoms with van der Waals surface area (Å²) in [6.07, 6.45) is 0. The van der Waals surface area contributed by atoms with E-state index in [2.05, 4.69) is 26.3 Å². The largest absolute Gasteiger partial charge is 0.494 e. The van der Waals surface area contributed by atoms with Crippen LogP contribution >= 0.6 is 15.9 Å². The Morgan fingerprint density at radius 1 is 1.07 bits per heavy atom. The van der Waals surface area contributed by atoms with Crippen molar-refractivity contribution in [2.24, 2.45) is 0 Å². The maximum absolute atomic E-state index is 12.8. The van der Waals surface area contributed by atoms with E-state index in [1.54, 1.807) is 36.4 Å². The molecule has 3 rings (SSSR count). The number of carbonyl (C=O) groups excluding carboxylic acids is 1. The van der Waals surface area contributed by atoms with E-state index >= 15 is 0 Å². The molecule has 0 fully saturated rings. The predicted molar refractivity (Wildman–Crippen MR) is 114 cm³/mol. The number of anilines is 1. The zero-order chi connectivity index (χ0) is 21.7. The smallest absolute Gasteiger partial charge is 0.267 e. The SMILES string of the molecule is CCOc1ccc(NC(=O)Cn2nc(S(=O)(=O)c3ccc(Br)cc3)ccc2=O)cc1. The molecule has 1 heterocycles. The molecule has 156 valence electrons. The summed E-state index contributed by atoms with van der Waals surface area (Å²) in [7, 11) is -3.94. The van der Waals surface area contributed by atoms with Gasteiger partial charge in [0.15, 0.2) is 5.03 Å². The molecule has 0 aliphatic heterocycles. The number of aromatic nitrogens is 2. The highest BCUT2D eigenvalue weighted by Gasteiger charge is 2.21. The highest BCUT2D eigenvalue weighted by atomic mass is 79.9. The summed E-state index contributed by atoms with van der Waals surface area (Å²) in [5.74, 6) is 0.145. The van der Waals surface area contributed by atoms with Crippen molar-refractivity contribution in [2.75, 3.05) is 11.9 Å². The number of halogens is 1. The average molecular weight is 492 g/mol. The zero-order valence-corrected chi connectivity index (χ0v) is 18.3. The summed E-state index contributed by atoms with van der Waals surface area (Å²) in [4.78, 5) is 24.4. The molecule has 0 spiro atoms. The Labute approximate surface area is 181 Å². The van der Waals surface area contributed by atoms with Gasteiger partial charge >= 0.3 is 0 Å². The standard InChI is InChI=1S/C20H18BrN3O5S/c1-2-29-16-7-5-15(6-8-16)22-18(25)13-24-20(26)12-11-19(23-24)30(27,28)17-9-3-14(21)4-10-17/h3-12H,2,13H2,1H3,(H,22,25). The van der Waals surface area contributed by atoms with Crippen molar-refractivity contribution in [3.05, 3.63) is 75.5 Å². The average Bonchev–Trinajstić information content (AvgIpc) is 2.71. The number of sulfone groups is 1. The molecule has 0 unspecified atom stereocenters. The van der Waals surface area contributed by atoms with E-state index in [9.17, 15) is 18.0 Å². The fraction of sp³-hybridized carbons (Fsp3) is 0.150. The minimum absolute atomic E-state index is 0.0299. The van der Waals surface area contributed by atoms with Crippen molar-refractivity contribution in [1.82, 2.24) is 9.78 Å². The third-order valence-corrected chi connectivity index (χ3v) is 6.17. The number of benzene rings is 2. The van der Waals surface area contributed by atoms with Gasteiger partial charge in [-0.1, -0.05) is 15.9 Å². The molecule has 0 saturated carbocycles. The summed E-state index contributed by atoms with van der Waals surface area (Å²) in [5.41, 5.74) is -0.0817. The topological polar surface area (TPSA) is 107 Å². The van der Waals surface area contributed by atoms with E-state index in [1.165, 1.54) is 12.1 Å². The van der Waals surface area contributed by atoms with Crippen LogP contribution in [0.3, 0.4) is 0 Å². The van der Waals surface area contributed by atoms with Crippen LogP contribution in [0.4, 0.5) is 5.69 Å². The van der Waals surface area contributed by atoms with Gasteiger partial charge in [-0.3, -0.25) is 9.59 Å².